The zero-order chi connectivity index (χ0) is 17.5. The van der Waals surface area contributed by atoms with Crippen molar-refractivity contribution < 1.29 is 4.79 Å². The second-order valence-electron chi connectivity index (χ2n) is 5.26. The molecule has 1 N–H and O–H groups in total. The van der Waals surface area contributed by atoms with Crippen LogP contribution in [0.1, 0.15) is 20.3 Å². The van der Waals surface area contributed by atoms with E-state index in [-0.39, 0.29) is 6.03 Å². The maximum absolute atomic E-state index is 12.5. The van der Waals surface area contributed by atoms with Crippen LogP contribution in [0.4, 0.5) is 22.1 Å². The number of hydrogen-bond donors (Lipinski definition) is 1. The Kier molecular flexibility index (Phi) is 6.37. The number of hydrogen-bond acceptors (Lipinski definition) is 4. The Labute approximate surface area is 147 Å². The number of rotatable bonds is 6. The zero-order valence-electron chi connectivity index (χ0n) is 14.2. The smallest absolute Gasteiger partial charge is 0.328 e. The predicted molar refractivity (Wildman–Crippen MR) is 99.1 cm³/mol. The molecule has 2 aromatic rings. The molecule has 2 heterocycles. The lowest BCUT2D eigenvalue weighted by Gasteiger charge is -2.28. The van der Waals surface area contributed by atoms with Crippen molar-refractivity contribution in [2.45, 2.75) is 20.3 Å². The zero-order valence-corrected chi connectivity index (χ0v) is 14.9. The topological polar surface area (TPSA) is 61.4 Å². The van der Waals surface area contributed by atoms with Crippen molar-refractivity contribution >= 4 is 35.0 Å². The number of pyridine rings is 2. The summed E-state index contributed by atoms with van der Waals surface area (Å²) < 4.78 is 0. The highest BCUT2D eigenvalue weighted by Crippen LogP contribution is 2.29. The minimum Gasteiger partial charge on any atom is -0.369 e. The lowest BCUT2D eigenvalue weighted by molar-refractivity contribution is 0.258. The Morgan fingerprint density at radius 2 is 2.04 bits per heavy atom. The first-order valence-electron chi connectivity index (χ1n) is 7.94. The number of carbonyl (C=O) groups excluding carboxylic acids is 1. The molecule has 0 aliphatic heterocycles. The molecule has 0 fully saturated rings. The van der Waals surface area contributed by atoms with Crippen LogP contribution in [0.25, 0.3) is 0 Å². The van der Waals surface area contributed by atoms with Gasteiger partial charge < -0.3 is 4.90 Å². The summed E-state index contributed by atoms with van der Waals surface area (Å²) in [6.45, 7) is 5.88. The number of nitrogens with zero attached hydrogens (tertiary/aromatic N) is 4. The van der Waals surface area contributed by atoms with Gasteiger partial charge in [0, 0.05) is 26.3 Å². The molecule has 0 aliphatic carbocycles. The molecule has 2 rings (SSSR count). The summed E-state index contributed by atoms with van der Waals surface area (Å²) in [6.07, 6.45) is 2.62. The van der Waals surface area contributed by atoms with Gasteiger partial charge in [-0.2, -0.15) is 0 Å². The number of carbonyl (C=O) groups is 1. The first-order valence-corrected chi connectivity index (χ1v) is 8.31. The average molecular weight is 348 g/mol. The van der Waals surface area contributed by atoms with Crippen LogP contribution in [-0.4, -0.2) is 36.1 Å². The second-order valence-corrected chi connectivity index (χ2v) is 5.65. The number of aromatic nitrogens is 2. The van der Waals surface area contributed by atoms with Crippen LogP contribution in [0.2, 0.25) is 5.15 Å². The van der Waals surface area contributed by atoms with Gasteiger partial charge in [-0.25, -0.2) is 14.8 Å². The molecule has 0 spiro atoms. The van der Waals surface area contributed by atoms with E-state index in [0.717, 1.165) is 25.2 Å². The Hall–Kier alpha value is -2.34. The van der Waals surface area contributed by atoms with Gasteiger partial charge in [-0.15, -0.1) is 0 Å². The van der Waals surface area contributed by atoms with Crippen molar-refractivity contribution in [1.29, 1.82) is 0 Å². The first-order chi connectivity index (χ1) is 11.6. The molecule has 0 aliphatic rings. The van der Waals surface area contributed by atoms with Crippen LogP contribution >= 0.6 is 11.6 Å². The highest BCUT2D eigenvalue weighted by Gasteiger charge is 2.20. The van der Waals surface area contributed by atoms with E-state index in [2.05, 4.69) is 34.0 Å². The van der Waals surface area contributed by atoms with E-state index in [0.29, 0.717) is 16.8 Å². The fraction of sp³-hybridized carbons (Fsp3) is 0.353. The summed E-state index contributed by atoms with van der Waals surface area (Å²) in [5.41, 5.74) is 0.877. The van der Waals surface area contributed by atoms with Crippen LogP contribution in [0.5, 0.6) is 0 Å². The molecule has 0 radical (unpaired) electrons. The molecular weight excluding hydrogens is 326 g/mol. The molecule has 7 heteroatoms. The van der Waals surface area contributed by atoms with E-state index in [4.69, 9.17) is 11.6 Å². The normalized spacial score (nSPS) is 10.3. The predicted octanol–water partition coefficient (Wildman–Crippen LogP) is 4.03. The van der Waals surface area contributed by atoms with Crippen molar-refractivity contribution in [2.75, 3.05) is 35.3 Å². The molecule has 24 heavy (non-hydrogen) atoms. The van der Waals surface area contributed by atoms with E-state index in [1.165, 1.54) is 4.90 Å². The molecule has 6 nitrogen and oxygen atoms in total. The number of anilines is 3. The van der Waals surface area contributed by atoms with Crippen molar-refractivity contribution in [2.24, 2.45) is 0 Å². The molecular formula is C17H22ClN5O. The van der Waals surface area contributed by atoms with Crippen LogP contribution in [0.3, 0.4) is 0 Å². The number of nitrogens with one attached hydrogen (secondary N) is 1. The number of halogens is 1. The van der Waals surface area contributed by atoms with E-state index in [9.17, 15) is 4.79 Å². The number of amides is 2. The summed E-state index contributed by atoms with van der Waals surface area (Å²) in [4.78, 5) is 24.6. The van der Waals surface area contributed by atoms with E-state index >= 15 is 0 Å². The molecule has 128 valence electrons. The van der Waals surface area contributed by atoms with Crippen LogP contribution < -0.4 is 15.1 Å². The maximum Gasteiger partial charge on any atom is 0.328 e. The Morgan fingerprint density at radius 1 is 1.25 bits per heavy atom. The third-order valence-electron chi connectivity index (χ3n) is 3.56. The maximum atomic E-state index is 12.5. The van der Waals surface area contributed by atoms with E-state index in [1.807, 2.05) is 12.1 Å². The summed E-state index contributed by atoms with van der Waals surface area (Å²) in [5, 5.41) is 3.10. The second kappa shape index (κ2) is 8.49. The molecule has 0 unspecified atom stereocenters. The molecule has 0 bridgehead atoms. The largest absolute Gasteiger partial charge is 0.369 e. The van der Waals surface area contributed by atoms with Gasteiger partial charge in [-0.05, 0) is 37.6 Å². The fourth-order valence-corrected chi connectivity index (χ4v) is 2.50. The molecule has 0 saturated heterocycles. The average Bonchev–Trinajstić information content (AvgIpc) is 2.60. The van der Waals surface area contributed by atoms with E-state index < -0.39 is 0 Å². The third-order valence-corrected chi connectivity index (χ3v) is 3.77. The quantitative estimate of drug-likeness (QED) is 0.801. The lowest BCUT2D eigenvalue weighted by Crippen LogP contribution is -2.34. The highest BCUT2D eigenvalue weighted by atomic mass is 35.5. The van der Waals surface area contributed by atoms with Crippen molar-refractivity contribution in [3.63, 3.8) is 0 Å². The minimum absolute atomic E-state index is 0.322. The van der Waals surface area contributed by atoms with Gasteiger partial charge in [0.15, 0.2) is 5.82 Å². The summed E-state index contributed by atoms with van der Waals surface area (Å²) in [5.74, 6) is 1.00. The lowest BCUT2D eigenvalue weighted by atomic mass is 10.3. The summed E-state index contributed by atoms with van der Waals surface area (Å²) in [7, 11) is 1.67. The monoisotopic (exact) mass is 347 g/mol. The molecule has 2 amide bonds. The van der Waals surface area contributed by atoms with Crippen molar-refractivity contribution in [1.82, 2.24) is 9.97 Å². The van der Waals surface area contributed by atoms with Gasteiger partial charge in [0.05, 0.1) is 5.69 Å². The molecule has 0 atom stereocenters. The molecule has 0 saturated carbocycles. The van der Waals surface area contributed by atoms with Crippen molar-refractivity contribution in [3.8, 4) is 0 Å². The minimum atomic E-state index is -0.322. The standard InChI is InChI=1S/C17H22ClN5O/c1-4-12-23(5-2)13-9-10-14(18)20-16(13)22(3)17(24)21-15-8-6-7-11-19-15/h6-11H,4-5,12H2,1-3H3,(H,19,21,24). The van der Waals surface area contributed by atoms with Gasteiger partial charge in [0.2, 0.25) is 0 Å². The highest BCUT2D eigenvalue weighted by molar-refractivity contribution is 6.29. The van der Waals surface area contributed by atoms with E-state index in [1.54, 1.807) is 31.4 Å². The number of urea groups is 1. The molecule has 2 aromatic heterocycles. The van der Waals surface area contributed by atoms with Gasteiger partial charge >= 0.3 is 6.03 Å². The van der Waals surface area contributed by atoms with Gasteiger partial charge in [-0.1, -0.05) is 24.6 Å². The SMILES string of the molecule is CCCN(CC)c1ccc(Cl)nc1N(C)C(=O)Nc1ccccn1. The third kappa shape index (κ3) is 4.35. The van der Waals surface area contributed by atoms with Crippen LogP contribution in [-0.2, 0) is 0 Å². The molecule has 0 aromatic carbocycles. The van der Waals surface area contributed by atoms with Crippen LogP contribution in [0.15, 0.2) is 36.5 Å². The van der Waals surface area contributed by atoms with Gasteiger partial charge in [0.25, 0.3) is 0 Å². The Morgan fingerprint density at radius 3 is 2.67 bits per heavy atom. The first kappa shape index (κ1) is 18.0. The summed E-state index contributed by atoms with van der Waals surface area (Å²) >= 11 is 6.05. The Balaban J connectivity index is 2.28. The van der Waals surface area contributed by atoms with Gasteiger partial charge in [0.1, 0.15) is 11.0 Å². The summed E-state index contributed by atoms with van der Waals surface area (Å²) in [6, 6.07) is 8.65. The Bertz CT molecular complexity index is 680. The van der Waals surface area contributed by atoms with Crippen molar-refractivity contribution in [3.05, 3.63) is 41.7 Å². The van der Waals surface area contributed by atoms with Gasteiger partial charge in [-0.3, -0.25) is 10.2 Å². The fourth-order valence-electron chi connectivity index (χ4n) is 2.36. The van der Waals surface area contributed by atoms with Crippen LogP contribution in [0, 0.1) is 0 Å².